The first-order valence-electron chi connectivity index (χ1n) is 10.5. The molecule has 5 rings (SSSR count). The van der Waals surface area contributed by atoms with E-state index in [0.29, 0.717) is 10.6 Å². The van der Waals surface area contributed by atoms with Gasteiger partial charge < -0.3 is 0 Å². The summed E-state index contributed by atoms with van der Waals surface area (Å²) in [6.07, 6.45) is 2.77. The number of carbonyl (C=O) groups is 3. The van der Waals surface area contributed by atoms with Crippen LogP contribution < -0.4 is 0 Å². The maximum atomic E-state index is 13.4. The summed E-state index contributed by atoms with van der Waals surface area (Å²) in [7, 11) is 0. The van der Waals surface area contributed by atoms with Gasteiger partial charge in [0.05, 0.1) is 23.3 Å². The molecule has 0 radical (unpaired) electrons. The van der Waals surface area contributed by atoms with Crippen molar-refractivity contribution in [2.45, 2.75) is 25.8 Å². The van der Waals surface area contributed by atoms with E-state index in [1.807, 2.05) is 0 Å². The lowest BCUT2D eigenvalue weighted by Gasteiger charge is -2.31. The van der Waals surface area contributed by atoms with Gasteiger partial charge in [-0.1, -0.05) is 23.7 Å². The first-order valence-corrected chi connectivity index (χ1v) is 10.9. The smallest absolute Gasteiger partial charge is 0.272 e. The van der Waals surface area contributed by atoms with Crippen molar-refractivity contribution in [3.63, 3.8) is 0 Å². The van der Waals surface area contributed by atoms with E-state index >= 15 is 0 Å². The second-order valence-corrected chi connectivity index (χ2v) is 9.10. The number of nitro groups is 1. The monoisotopic (exact) mass is 453 g/mol. The van der Waals surface area contributed by atoms with Crippen molar-refractivity contribution < 1.29 is 19.3 Å². The average molecular weight is 454 g/mol. The summed E-state index contributed by atoms with van der Waals surface area (Å²) in [4.78, 5) is 50.6. The van der Waals surface area contributed by atoms with Gasteiger partial charge in [0.1, 0.15) is 0 Å². The number of hydrazine groups is 1. The van der Waals surface area contributed by atoms with Gasteiger partial charge in [-0.3, -0.25) is 24.5 Å². The summed E-state index contributed by atoms with van der Waals surface area (Å²) in [6, 6.07) is 12.0. The SMILES string of the molecule is O=C(c1ccc(Cl)cc1)N(Cc1ccc([N+](=O)[O-])cc1)N1C(=O)[C@H]2[C@H]3CC[C@@H](C3)[C@@H]2C1=O. The molecule has 0 unspecified atom stereocenters. The molecule has 1 saturated heterocycles. The van der Waals surface area contributed by atoms with E-state index in [9.17, 15) is 24.5 Å². The van der Waals surface area contributed by atoms with Crippen molar-refractivity contribution >= 4 is 35.0 Å². The molecular formula is C23H20ClN3O5. The Kier molecular flexibility index (Phi) is 4.97. The number of halogens is 1. The number of carbonyl (C=O) groups excluding carboxylic acids is 3. The Morgan fingerprint density at radius 1 is 1.00 bits per heavy atom. The topological polar surface area (TPSA) is 101 Å². The third-order valence-corrected chi connectivity index (χ3v) is 7.20. The predicted molar refractivity (Wildman–Crippen MR) is 114 cm³/mol. The van der Waals surface area contributed by atoms with E-state index in [1.54, 1.807) is 24.3 Å². The largest absolute Gasteiger partial charge is 0.273 e. The maximum absolute atomic E-state index is 13.4. The van der Waals surface area contributed by atoms with Gasteiger partial charge >= 0.3 is 0 Å². The van der Waals surface area contributed by atoms with Gasteiger partial charge in [0.25, 0.3) is 23.4 Å². The summed E-state index contributed by atoms with van der Waals surface area (Å²) >= 11 is 5.94. The number of rotatable bonds is 5. The molecule has 2 bridgehead atoms. The Morgan fingerprint density at radius 3 is 2.09 bits per heavy atom. The number of fused-ring (bicyclic) bond motifs is 5. The van der Waals surface area contributed by atoms with E-state index < -0.39 is 10.8 Å². The van der Waals surface area contributed by atoms with Crippen molar-refractivity contribution in [1.29, 1.82) is 0 Å². The van der Waals surface area contributed by atoms with Crippen LogP contribution in [0.3, 0.4) is 0 Å². The Bertz CT molecular complexity index is 1090. The number of hydrogen-bond acceptors (Lipinski definition) is 5. The van der Waals surface area contributed by atoms with E-state index in [1.165, 1.54) is 29.3 Å². The molecule has 3 aliphatic rings. The molecule has 9 heteroatoms. The Morgan fingerprint density at radius 2 is 1.56 bits per heavy atom. The molecule has 0 N–H and O–H groups in total. The molecule has 2 aliphatic carbocycles. The van der Waals surface area contributed by atoms with Crippen LogP contribution in [0.25, 0.3) is 0 Å². The van der Waals surface area contributed by atoms with Gasteiger partial charge in [-0.05, 0) is 60.9 Å². The average Bonchev–Trinajstić information content (AvgIpc) is 3.47. The van der Waals surface area contributed by atoms with Gasteiger partial charge in [0.2, 0.25) is 0 Å². The van der Waals surface area contributed by atoms with Gasteiger partial charge in [0.15, 0.2) is 0 Å². The van der Waals surface area contributed by atoms with Crippen LogP contribution in [0.2, 0.25) is 5.02 Å². The first-order chi connectivity index (χ1) is 15.3. The molecule has 2 aromatic rings. The number of imide groups is 1. The Labute approximate surface area is 188 Å². The summed E-state index contributed by atoms with van der Waals surface area (Å²) in [5.41, 5.74) is 0.777. The highest BCUT2D eigenvalue weighted by Gasteiger charge is 2.62. The van der Waals surface area contributed by atoms with Crippen molar-refractivity contribution in [2.24, 2.45) is 23.7 Å². The summed E-state index contributed by atoms with van der Waals surface area (Å²) in [5.74, 6) is -1.49. The Balaban J connectivity index is 1.50. The highest BCUT2D eigenvalue weighted by molar-refractivity contribution is 6.30. The van der Waals surface area contributed by atoms with Crippen molar-refractivity contribution in [1.82, 2.24) is 10.0 Å². The molecule has 0 aromatic heterocycles. The lowest BCUT2D eigenvalue weighted by molar-refractivity contribution is -0.384. The lowest BCUT2D eigenvalue weighted by atomic mass is 9.81. The van der Waals surface area contributed by atoms with Crippen LogP contribution in [0.15, 0.2) is 48.5 Å². The zero-order valence-electron chi connectivity index (χ0n) is 17.0. The van der Waals surface area contributed by atoms with Crippen molar-refractivity contribution in [3.05, 3.63) is 74.8 Å². The number of nitrogens with zero attached hydrogens (tertiary/aromatic N) is 3. The molecule has 1 heterocycles. The summed E-state index contributed by atoms with van der Waals surface area (Å²) in [6.45, 7) is -0.0638. The van der Waals surface area contributed by atoms with E-state index in [-0.39, 0.29) is 53.3 Å². The molecule has 3 fully saturated rings. The minimum absolute atomic E-state index is 0.0638. The van der Waals surface area contributed by atoms with Gasteiger partial charge in [-0.15, -0.1) is 0 Å². The molecule has 32 heavy (non-hydrogen) atoms. The number of hydrogen-bond donors (Lipinski definition) is 0. The molecular weight excluding hydrogens is 434 g/mol. The van der Waals surface area contributed by atoms with Crippen LogP contribution in [0.4, 0.5) is 5.69 Å². The van der Waals surface area contributed by atoms with Gasteiger partial charge in [-0.25, -0.2) is 5.01 Å². The number of non-ortho nitro benzene ring substituents is 1. The normalized spacial score (nSPS) is 25.8. The van der Waals surface area contributed by atoms with Crippen LogP contribution in [0.1, 0.15) is 35.2 Å². The van der Waals surface area contributed by atoms with Crippen LogP contribution in [-0.2, 0) is 16.1 Å². The summed E-state index contributed by atoms with van der Waals surface area (Å²) in [5, 5.41) is 13.6. The predicted octanol–water partition coefficient (Wildman–Crippen LogP) is 3.84. The van der Waals surface area contributed by atoms with Gasteiger partial charge in [0, 0.05) is 22.7 Å². The highest BCUT2D eigenvalue weighted by Crippen LogP contribution is 2.56. The fraction of sp³-hybridized carbons (Fsp3) is 0.348. The Hall–Kier alpha value is -3.26. The molecule has 3 amide bonds. The van der Waals surface area contributed by atoms with Gasteiger partial charge in [-0.2, -0.15) is 5.01 Å². The van der Waals surface area contributed by atoms with Crippen molar-refractivity contribution in [3.8, 4) is 0 Å². The fourth-order valence-electron chi connectivity index (χ4n) is 5.50. The van der Waals surface area contributed by atoms with E-state index in [4.69, 9.17) is 11.6 Å². The molecule has 0 spiro atoms. The second-order valence-electron chi connectivity index (χ2n) is 8.67. The van der Waals surface area contributed by atoms with Crippen LogP contribution in [-0.4, -0.2) is 32.7 Å². The first kappa shape index (κ1) is 20.6. The molecule has 2 saturated carbocycles. The third kappa shape index (κ3) is 3.26. The number of nitro benzene ring substituents is 1. The quantitative estimate of drug-likeness (QED) is 0.389. The second kappa shape index (κ2) is 7.70. The van der Waals surface area contributed by atoms with Crippen LogP contribution in [0.5, 0.6) is 0 Å². The zero-order chi connectivity index (χ0) is 22.6. The lowest BCUT2D eigenvalue weighted by Crippen LogP contribution is -2.50. The maximum Gasteiger partial charge on any atom is 0.273 e. The fourth-order valence-corrected chi connectivity index (χ4v) is 5.63. The van der Waals surface area contributed by atoms with E-state index in [0.717, 1.165) is 24.3 Å². The summed E-state index contributed by atoms with van der Waals surface area (Å²) < 4.78 is 0. The zero-order valence-corrected chi connectivity index (χ0v) is 17.8. The number of benzene rings is 2. The molecule has 8 nitrogen and oxygen atoms in total. The van der Waals surface area contributed by atoms with Crippen molar-refractivity contribution in [2.75, 3.05) is 0 Å². The van der Waals surface area contributed by atoms with Crippen LogP contribution >= 0.6 is 11.6 Å². The molecule has 1 aliphatic heterocycles. The minimum Gasteiger partial charge on any atom is -0.272 e. The number of amides is 3. The minimum atomic E-state index is -0.509. The molecule has 4 atom stereocenters. The van der Waals surface area contributed by atoms with E-state index in [2.05, 4.69) is 0 Å². The molecule has 164 valence electrons. The third-order valence-electron chi connectivity index (χ3n) is 6.95. The van der Waals surface area contributed by atoms with Crippen LogP contribution in [0, 0.1) is 33.8 Å². The standard InChI is InChI=1S/C23H20ClN3O5/c24-17-7-5-14(6-8-17)21(28)25(12-13-1-9-18(10-2-13)27(31)32)26-22(29)19-15-3-4-16(11-15)20(19)23(26)30/h1-2,5-10,15-16,19-20H,3-4,11-12H2/t15-,16-,19-,20-/m0/s1. The highest BCUT2D eigenvalue weighted by atomic mass is 35.5. The molecule has 2 aromatic carbocycles.